The number of carbonyl (C=O) groups excluding carboxylic acids is 1. The third-order valence-corrected chi connectivity index (χ3v) is 6.10. The van der Waals surface area contributed by atoms with E-state index in [0.29, 0.717) is 25.3 Å². The Morgan fingerprint density at radius 2 is 2.00 bits per heavy atom. The number of rotatable bonds is 5. The van der Waals surface area contributed by atoms with Gasteiger partial charge in [0.1, 0.15) is 0 Å². The maximum absolute atomic E-state index is 12.6. The first-order chi connectivity index (χ1) is 12.5. The minimum atomic E-state index is -0.771. The highest BCUT2D eigenvalue weighted by Gasteiger charge is 2.34. The molecule has 144 valence electrons. The number of hydrogen-bond donors (Lipinski definition) is 2. The van der Waals surface area contributed by atoms with Gasteiger partial charge in [0, 0.05) is 25.7 Å². The molecule has 1 saturated carbocycles. The summed E-state index contributed by atoms with van der Waals surface area (Å²) in [5.74, 6) is -0.948. The van der Waals surface area contributed by atoms with Crippen LogP contribution >= 0.6 is 0 Å². The molecule has 26 heavy (non-hydrogen) atoms. The number of hydrogen-bond acceptors (Lipinski definition) is 4. The molecule has 0 aromatic carbocycles. The molecular weight excluding hydrogens is 332 g/mol. The fourth-order valence-electron chi connectivity index (χ4n) is 4.64. The van der Waals surface area contributed by atoms with Gasteiger partial charge in [-0.2, -0.15) is 5.10 Å². The van der Waals surface area contributed by atoms with Crippen molar-refractivity contribution in [2.45, 2.75) is 44.6 Å². The third kappa shape index (κ3) is 4.09. The van der Waals surface area contributed by atoms with Crippen molar-refractivity contribution in [1.82, 2.24) is 20.0 Å². The molecule has 0 bridgehead atoms. The van der Waals surface area contributed by atoms with Gasteiger partial charge in [-0.1, -0.05) is 6.42 Å². The molecule has 2 unspecified atom stereocenters. The number of aliphatic carboxylic acids is 1. The second-order valence-electron chi connectivity index (χ2n) is 7.85. The Labute approximate surface area is 154 Å². The van der Waals surface area contributed by atoms with E-state index in [1.165, 1.54) is 5.69 Å². The Balaban J connectivity index is 1.61. The largest absolute Gasteiger partial charge is 0.481 e. The molecule has 0 spiro atoms. The van der Waals surface area contributed by atoms with Gasteiger partial charge in [-0.15, -0.1) is 0 Å². The predicted octanol–water partition coefficient (Wildman–Crippen LogP) is 1.81. The Bertz CT molecular complexity index is 644. The molecule has 7 heteroatoms. The Hall–Kier alpha value is -1.89. The number of nitrogens with zero attached hydrogens (tertiary/aromatic N) is 3. The van der Waals surface area contributed by atoms with Crippen LogP contribution in [-0.4, -0.2) is 51.8 Å². The van der Waals surface area contributed by atoms with E-state index in [0.717, 1.165) is 32.2 Å². The van der Waals surface area contributed by atoms with Crippen molar-refractivity contribution in [3.05, 3.63) is 18.0 Å². The number of aryl methyl sites for hydroxylation is 1. The highest BCUT2D eigenvalue weighted by atomic mass is 16.4. The van der Waals surface area contributed by atoms with Gasteiger partial charge in [-0.25, -0.2) is 0 Å². The van der Waals surface area contributed by atoms with Crippen molar-refractivity contribution in [3.8, 4) is 0 Å². The second kappa shape index (κ2) is 8.20. The average molecular weight is 362 g/mol. The summed E-state index contributed by atoms with van der Waals surface area (Å²) in [6.45, 7) is 1.68. The van der Waals surface area contributed by atoms with Crippen LogP contribution < -0.4 is 5.32 Å². The molecular formula is C19H30N4O3. The lowest BCUT2D eigenvalue weighted by Gasteiger charge is -2.39. The highest BCUT2D eigenvalue weighted by Crippen LogP contribution is 2.35. The van der Waals surface area contributed by atoms with Crippen LogP contribution in [0.3, 0.4) is 0 Å². The maximum Gasteiger partial charge on any atom is 0.306 e. The summed E-state index contributed by atoms with van der Waals surface area (Å²) in [7, 11) is 4.09. The van der Waals surface area contributed by atoms with Gasteiger partial charge in [0.2, 0.25) is 5.91 Å². The number of nitrogens with one attached hydrogen (secondary N) is 1. The monoisotopic (exact) mass is 362 g/mol. The third-order valence-electron chi connectivity index (χ3n) is 6.10. The summed E-state index contributed by atoms with van der Waals surface area (Å²) in [4.78, 5) is 26.2. The van der Waals surface area contributed by atoms with Crippen molar-refractivity contribution in [1.29, 1.82) is 0 Å². The van der Waals surface area contributed by atoms with Crippen LogP contribution in [0.5, 0.6) is 0 Å². The molecule has 2 N–H and O–H groups in total. The van der Waals surface area contributed by atoms with Crippen LogP contribution in [0.25, 0.3) is 0 Å². The number of piperidine rings is 1. The molecule has 1 aromatic heterocycles. The minimum absolute atomic E-state index is 0.0212. The van der Waals surface area contributed by atoms with E-state index in [9.17, 15) is 14.7 Å². The molecule has 1 aliphatic carbocycles. The number of amides is 1. The topological polar surface area (TPSA) is 87.5 Å². The Morgan fingerprint density at radius 1 is 1.23 bits per heavy atom. The van der Waals surface area contributed by atoms with Gasteiger partial charge in [0.25, 0.3) is 0 Å². The fraction of sp³-hybridized carbons (Fsp3) is 0.737. The number of carboxylic acid groups (broad SMARTS) is 1. The van der Waals surface area contributed by atoms with E-state index in [4.69, 9.17) is 0 Å². The normalized spacial score (nSPS) is 30.1. The van der Waals surface area contributed by atoms with Gasteiger partial charge in [0.15, 0.2) is 0 Å². The standard InChI is InChI=1S/C19H30N4O3/c1-22-10-4-7-15(17(22)16-8-9-21-23(16)2)12-20-18(24)13-5-3-6-14(11-13)19(25)26/h8-9,13-15,17H,3-7,10-12H2,1-2H3,(H,20,24)(H,25,26)/t13?,14?,15-,17+/m0/s1. The van der Waals surface area contributed by atoms with Gasteiger partial charge in [-0.05, 0) is 57.7 Å². The lowest BCUT2D eigenvalue weighted by atomic mass is 9.80. The molecule has 4 atom stereocenters. The van der Waals surface area contributed by atoms with Crippen LogP contribution in [0.1, 0.15) is 50.3 Å². The van der Waals surface area contributed by atoms with Crippen LogP contribution in [0.15, 0.2) is 12.3 Å². The Morgan fingerprint density at radius 3 is 2.69 bits per heavy atom. The van der Waals surface area contributed by atoms with Crippen LogP contribution in [0.2, 0.25) is 0 Å². The van der Waals surface area contributed by atoms with Gasteiger partial charge < -0.3 is 10.4 Å². The van der Waals surface area contributed by atoms with Crippen molar-refractivity contribution in [3.63, 3.8) is 0 Å². The molecule has 3 rings (SSSR count). The van der Waals surface area contributed by atoms with E-state index in [1.807, 2.05) is 17.9 Å². The first kappa shape index (κ1) is 18.9. The molecule has 2 fully saturated rings. The van der Waals surface area contributed by atoms with Crippen molar-refractivity contribution in [2.75, 3.05) is 20.1 Å². The fourth-order valence-corrected chi connectivity index (χ4v) is 4.64. The summed E-state index contributed by atoms with van der Waals surface area (Å²) < 4.78 is 1.92. The van der Waals surface area contributed by atoms with Crippen molar-refractivity contribution >= 4 is 11.9 Å². The van der Waals surface area contributed by atoms with E-state index in [-0.39, 0.29) is 23.8 Å². The molecule has 1 aromatic rings. The van der Waals surface area contributed by atoms with E-state index in [2.05, 4.69) is 28.4 Å². The van der Waals surface area contributed by atoms with E-state index in [1.54, 1.807) is 0 Å². The van der Waals surface area contributed by atoms with Crippen LogP contribution in [0, 0.1) is 17.8 Å². The van der Waals surface area contributed by atoms with Crippen LogP contribution in [-0.2, 0) is 16.6 Å². The lowest BCUT2D eigenvalue weighted by Crippen LogP contribution is -2.44. The summed E-state index contributed by atoms with van der Waals surface area (Å²) in [6.07, 6.45) is 6.79. The SMILES string of the molecule is CN1CCC[C@@H](CNC(=O)C2CCCC(C(=O)O)C2)[C@@H]1c1ccnn1C. The van der Waals surface area contributed by atoms with Crippen LogP contribution in [0.4, 0.5) is 0 Å². The first-order valence-corrected chi connectivity index (χ1v) is 9.66. The average Bonchev–Trinajstić information content (AvgIpc) is 3.05. The summed E-state index contributed by atoms with van der Waals surface area (Å²) in [6, 6.07) is 2.30. The van der Waals surface area contributed by atoms with Crippen molar-refractivity contribution in [2.24, 2.45) is 24.8 Å². The summed E-state index contributed by atoms with van der Waals surface area (Å²) in [5.41, 5.74) is 1.18. The summed E-state index contributed by atoms with van der Waals surface area (Å²) in [5, 5.41) is 16.6. The number of likely N-dealkylation sites (tertiary alicyclic amines) is 1. The zero-order valence-corrected chi connectivity index (χ0v) is 15.7. The highest BCUT2D eigenvalue weighted by molar-refractivity contribution is 5.80. The zero-order chi connectivity index (χ0) is 18.7. The zero-order valence-electron chi connectivity index (χ0n) is 15.7. The minimum Gasteiger partial charge on any atom is -0.481 e. The molecule has 1 saturated heterocycles. The molecule has 0 radical (unpaired) electrons. The molecule has 1 aliphatic heterocycles. The van der Waals surface area contributed by atoms with Gasteiger partial charge in [0.05, 0.1) is 17.7 Å². The van der Waals surface area contributed by atoms with E-state index >= 15 is 0 Å². The second-order valence-corrected chi connectivity index (χ2v) is 7.85. The van der Waals surface area contributed by atoms with E-state index < -0.39 is 5.97 Å². The van der Waals surface area contributed by atoms with Gasteiger partial charge >= 0.3 is 5.97 Å². The summed E-state index contributed by atoms with van der Waals surface area (Å²) >= 11 is 0. The quantitative estimate of drug-likeness (QED) is 0.834. The number of carbonyl (C=O) groups is 2. The molecule has 2 aliphatic rings. The number of aromatic nitrogens is 2. The van der Waals surface area contributed by atoms with Crippen molar-refractivity contribution < 1.29 is 14.7 Å². The number of carboxylic acids is 1. The Kier molecular flexibility index (Phi) is 5.96. The maximum atomic E-state index is 12.6. The smallest absolute Gasteiger partial charge is 0.306 e. The van der Waals surface area contributed by atoms with Gasteiger partial charge in [-0.3, -0.25) is 19.2 Å². The molecule has 7 nitrogen and oxygen atoms in total. The lowest BCUT2D eigenvalue weighted by molar-refractivity contribution is -0.144. The molecule has 1 amide bonds. The predicted molar refractivity (Wildman–Crippen MR) is 97.4 cm³/mol. The first-order valence-electron chi connectivity index (χ1n) is 9.66. The molecule has 2 heterocycles.